The maximum Gasteiger partial charge on any atom is 0.490 e. The molecule has 2 aliphatic rings. The number of alkyl halides is 3. The molecule has 0 radical (unpaired) electrons. The lowest BCUT2D eigenvalue weighted by Gasteiger charge is -2.37. The summed E-state index contributed by atoms with van der Waals surface area (Å²) in [5.41, 5.74) is 0.205. The van der Waals surface area contributed by atoms with Crippen molar-refractivity contribution in [1.82, 2.24) is 14.9 Å². The predicted octanol–water partition coefficient (Wildman–Crippen LogP) is 0.597. The highest BCUT2D eigenvalue weighted by atomic mass is 19.4. The van der Waals surface area contributed by atoms with Crippen LogP contribution in [0.5, 0.6) is 0 Å². The number of nitrogens with one attached hydrogen (secondary N) is 1. The molecule has 13 nitrogen and oxygen atoms in total. The summed E-state index contributed by atoms with van der Waals surface area (Å²) >= 11 is 0. The van der Waals surface area contributed by atoms with Gasteiger partial charge in [0.1, 0.15) is 6.54 Å². The van der Waals surface area contributed by atoms with Crippen LogP contribution in [0.3, 0.4) is 0 Å². The Kier molecular flexibility index (Phi) is 10.2. The van der Waals surface area contributed by atoms with Crippen LogP contribution in [0.15, 0.2) is 0 Å². The van der Waals surface area contributed by atoms with E-state index in [1.807, 2.05) is 4.90 Å². The molecule has 3 amide bonds. The van der Waals surface area contributed by atoms with Crippen molar-refractivity contribution >= 4 is 35.6 Å². The number of anilines is 2. The number of rotatable bonds is 8. The van der Waals surface area contributed by atoms with Gasteiger partial charge in [-0.2, -0.15) is 22.6 Å². The second kappa shape index (κ2) is 12.7. The van der Waals surface area contributed by atoms with Crippen molar-refractivity contribution < 1.29 is 51.8 Å². The fraction of sp³-hybridized carbons (Fsp3) is 0.591. The fourth-order valence-corrected chi connectivity index (χ4v) is 3.97. The van der Waals surface area contributed by atoms with Crippen molar-refractivity contribution in [2.75, 3.05) is 69.3 Å². The molecular formula is C22H30F3N6O7+. The number of halogens is 3. The number of carbonyl (C=O) groups excluding carboxylic acids is 2. The Morgan fingerprint density at radius 1 is 1.21 bits per heavy atom. The lowest BCUT2D eigenvalue weighted by molar-refractivity contribution is -0.760. The molecule has 1 unspecified atom stereocenters. The summed E-state index contributed by atoms with van der Waals surface area (Å²) < 4.78 is 37.9. The molecule has 0 spiro atoms. The minimum atomic E-state index is -5.08. The summed E-state index contributed by atoms with van der Waals surface area (Å²) in [6.07, 6.45) is -5.08. The van der Waals surface area contributed by atoms with Crippen LogP contribution in [0, 0.1) is 11.8 Å². The number of aliphatic carboxylic acids is 2. The summed E-state index contributed by atoms with van der Waals surface area (Å²) in [7, 11) is 1.52. The third kappa shape index (κ3) is 6.60. The van der Waals surface area contributed by atoms with Crippen molar-refractivity contribution in [3.05, 3.63) is 5.69 Å². The Morgan fingerprint density at radius 3 is 2.32 bits per heavy atom. The molecule has 3 heterocycles. The maximum atomic E-state index is 13.8. The molecule has 0 aliphatic carbocycles. The molecule has 0 bridgehead atoms. The zero-order valence-corrected chi connectivity index (χ0v) is 21.2. The maximum absolute atomic E-state index is 13.8. The number of imidazole rings is 1. The van der Waals surface area contributed by atoms with Crippen LogP contribution in [-0.4, -0.2) is 114 Å². The molecule has 1 aromatic heterocycles. The molecule has 1 aromatic rings. The van der Waals surface area contributed by atoms with Gasteiger partial charge in [-0.05, 0) is 13.8 Å². The van der Waals surface area contributed by atoms with Gasteiger partial charge in [0.15, 0.2) is 18.1 Å². The number of carbonyl (C=O) groups is 4. The number of imide groups is 1. The molecule has 38 heavy (non-hydrogen) atoms. The SMILES string of the molecule is CC#CCn1c(N2CCNCC2)nc2c1C(=O)[N+](CCOCC)(CC(=O)O)C(=O)N2C.O=C(O)C(F)(F)F. The molecule has 3 rings (SSSR count). The first-order valence-corrected chi connectivity index (χ1v) is 11.6. The quantitative estimate of drug-likeness (QED) is 0.239. The van der Waals surface area contributed by atoms with Crippen molar-refractivity contribution in [1.29, 1.82) is 0 Å². The summed E-state index contributed by atoms with van der Waals surface area (Å²) in [6, 6.07) is -0.627. The van der Waals surface area contributed by atoms with E-state index in [9.17, 15) is 32.7 Å². The second-order valence-electron chi connectivity index (χ2n) is 8.22. The van der Waals surface area contributed by atoms with Gasteiger partial charge >= 0.3 is 30.1 Å². The number of fused-ring (bicyclic) bond motifs is 1. The largest absolute Gasteiger partial charge is 0.490 e. The second-order valence-corrected chi connectivity index (χ2v) is 8.22. The van der Waals surface area contributed by atoms with E-state index in [1.165, 1.54) is 11.9 Å². The Morgan fingerprint density at radius 2 is 1.82 bits per heavy atom. The summed E-state index contributed by atoms with van der Waals surface area (Å²) in [5.74, 6) is 2.01. The van der Waals surface area contributed by atoms with Crippen LogP contribution in [-0.2, 0) is 20.9 Å². The number of hydrogen-bond donors (Lipinski definition) is 3. The lowest BCUT2D eigenvalue weighted by Crippen LogP contribution is -2.67. The van der Waals surface area contributed by atoms with Gasteiger partial charge in [-0.25, -0.2) is 24.1 Å². The van der Waals surface area contributed by atoms with Gasteiger partial charge in [-0.15, -0.1) is 5.92 Å². The Balaban J connectivity index is 0.000000638. The molecular weight excluding hydrogens is 517 g/mol. The van der Waals surface area contributed by atoms with Gasteiger partial charge in [-0.1, -0.05) is 5.92 Å². The van der Waals surface area contributed by atoms with E-state index < -0.39 is 41.1 Å². The molecule has 2 aliphatic heterocycles. The normalized spacial score (nSPS) is 19.2. The molecule has 0 aromatic carbocycles. The summed E-state index contributed by atoms with van der Waals surface area (Å²) in [5, 5.41) is 19.9. The molecule has 210 valence electrons. The average molecular weight is 548 g/mol. The first-order valence-electron chi connectivity index (χ1n) is 11.6. The fourth-order valence-electron chi connectivity index (χ4n) is 3.97. The highest BCUT2D eigenvalue weighted by molar-refractivity contribution is 6.09. The van der Waals surface area contributed by atoms with Crippen molar-refractivity contribution in [2.24, 2.45) is 0 Å². The van der Waals surface area contributed by atoms with E-state index in [0.717, 1.165) is 13.1 Å². The molecule has 0 saturated carbocycles. The number of carboxylic acid groups (broad SMARTS) is 2. The minimum absolute atomic E-state index is 0.0742. The van der Waals surface area contributed by atoms with E-state index in [1.54, 1.807) is 18.4 Å². The topological polar surface area (TPSA) is 154 Å². The number of carboxylic acids is 2. The number of aromatic nitrogens is 2. The molecule has 1 saturated heterocycles. The standard InChI is InChI=1S/C20H28N6O5.C2HF3O2/c1-4-6-9-25-16-17(22-19(25)24-10-7-21-8-11-24)23(3)20(30)26(18(16)29,14-15(27)28)12-13-31-5-2;3-2(4,5)1(6)7/h21H,5,7-14H2,1-3H3;(H,6,7)/p+1. The van der Waals surface area contributed by atoms with Gasteiger partial charge in [-0.3, -0.25) is 4.57 Å². The highest BCUT2D eigenvalue weighted by Crippen LogP contribution is 2.35. The van der Waals surface area contributed by atoms with Crippen LogP contribution in [0.2, 0.25) is 0 Å². The van der Waals surface area contributed by atoms with Crippen LogP contribution in [0.1, 0.15) is 24.3 Å². The van der Waals surface area contributed by atoms with Gasteiger partial charge in [0.05, 0.1) is 13.2 Å². The van der Waals surface area contributed by atoms with E-state index in [0.29, 0.717) is 25.6 Å². The van der Waals surface area contributed by atoms with Crippen LogP contribution < -0.4 is 15.1 Å². The summed E-state index contributed by atoms with van der Waals surface area (Å²) in [4.78, 5) is 55.6. The van der Waals surface area contributed by atoms with Crippen LogP contribution in [0.4, 0.5) is 29.7 Å². The van der Waals surface area contributed by atoms with E-state index >= 15 is 0 Å². The zero-order chi connectivity index (χ0) is 28.7. The number of ether oxygens (including phenoxy) is 1. The molecule has 3 N–H and O–H groups in total. The number of amides is 3. The number of quaternary nitrogens is 1. The van der Waals surface area contributed by atoms with Gasteiger partial charge in [0, 0.05) is 39.8 Å². The monoisotopic (exact) mass is 547 g/mol. The molecule has 1 fully saturated rings. The third-order valence-corrected chi connectivity index (χ3v) is 5.77. The Hall–Kier alpha value is -3.68. The van der Waals surface area contributed by atoms with E-state index in [-0.39, 0.29) is 31.2 Å². The average Bonchev–Trinajstić information content (AvgIpc) is 3.24. The van der Waals surface area contributed by atoms with Gasteiger partial charge in [0.2, 0.25) is 5.95 Å². The van der Waals surface area contributed by atoms with E-state index in [4.69, 9.17) is 14.6 Å². The third-order valence-electron chi connectivity index (χ3n) is 5.77. The zero-order valence-electron chi connectivity index (χ0n) is 21.2. The first kappa shape index (κ1) is 30.5. The minimum Gasteiger partial charge on any atom is -0.477 e. The summed E-state index contributed by atoms with van der Waals surface area (Å²) in [6.45, 7) is 6.39. The Labute approximate surface area is 216 Å². The predicted molar refractivity (Wildman–Crippen MR) is 127 cm³/mol. The van der Waals surface area contributed by atoms with Crippen molar-refractivity contribution in [2.45, 2.75) is 26.6 Å². The highest BCUT2D eigenvalue weighted by Gasteiger charge is 2.56. The van der Waals surface area contributed by atoms with Crippen molar-refractivity contribution in [3.8, 4) is 11.8 Å². The number of piperazine rings is 1. The number of nitrogens with zero attached hydrogens (tertiary/aromatic N) is 5. The van der Waals surface area contributed by atoms with Crippen LogP contribution in [0.25, 0.3) is 0 Å². The molecule has 1 atom stereocenters. The van der Waals surface area contributed by atoms with Gasteiger partial charge in [0.25, 0.3) is 0 Å². The number of urea groups is 1. The smallest absolute Gasteiger partial charge is 0.477 e. The van der Waals surface area contributed by atoms with E-state index in [2.05, 4.69) is 22.1 Å². The van der Waals surface area contributed by atoms with Crippen molar-refractivity contribution in [3.63, 3.8) is 0 Å². The lowest BCUT2D eigenvalue weighted by atomic mass is 10.2. The molecule has 16 heteroatoms. The van der Waals surface area contributed by atoms with Gasteiger partial charge < -0.3 is 25.2 Å². The van der Waals surface area contributed by atoms with Crippen LogP contribution >= 0.6 is 0 Å². The number of hydrogen-bond acceptors (Lipinski definition) is 8. The Bertz CT molecular complexity index is 1120. The first-order chi connectivity index (χ1) is 17.8.